The summed E-state index contributed by atoms with van der Waals surface area (Å²) in [7, 11) is 2.19. The summed E-state index contributed by atoms with van der Waals surface area (Å²) >= 11 is 0. The van der Waals surface area contributed by atoms with Gasteiger partial charge in [-0.2, -0.15) is 0 Å². The first-order valence-corrected chi connectivity index (χ1v) is 11.6. The average molecular weight is 428 g/mol. The minimum Gasteiger partial charge on any atom is -0.338 e. The van der Waals surface area contributed by atoms with Crippen LogP contribution in [0.5, 0.6) is 0 Å². The number of aryl methyl sites for hydroxylation is 1. The van der Waals surface area contributed by atoms with Crippen molar-refractivity contribution in [1.82, 2.24) is 14.8 Å². The lowest BCUT2D eigenvalue weighted by atomic mass is 9.90. The Morgan fingerprint density at radius 2 is 1.69 bits per heavy atom. The Morgan fingerprint density at radius 1 is 1.03 bits per heavy atom. The highest BCUT2D eigenvalue weighted by Gasteiger charge is 2.38. The Hall–Kier alpha value is -2.98. The van der Waals surface area contributed by atoms with Gasteiger partial charge in [0.25, 0.3) is 0 Å². The first kappa shape index (κ1) is 22.2. The lowest BCUT2D eigenvalue weighted by Gasteiger charge is -2.28. The van der Waals surface area contributed by atoms with Crippen molar-refractivity contribution in [3.63, 3.8) is 0 Å². The molecule has 4 nitrogen and oxygen atoms in total. The van der Waals surface area contributed by atoms with Crippen LogP contribution in [0.2, 0.25) is 0 Å². The van der Waals surface area contributed by atoms with E-state index in [-0.39, 0.29) is 17.9 Å². The summed E-state index contributed by atoms with van der Waals surface area (Å²) in [6.07, 6.45) is 6.92. The third-order valence-electron chi connectivity index (χ3n) is 6.67. The number of benzene rings is 2. The van der Waals surface area contributed by atoms with Gasteiger partial charge in [0, 0.05) is 31.0 Å². The fraction of sp³-hybridized carbons (Fsp3) is 0.357. The second-order valence-electron chi connectivity index (χ2n) is 8.93. The topological polar surface area (TPSA) is 36.4 Å². The van der Waals surface area contributed by atoms with E-state index >= 15 is 0 Å². The summed E-state index contributed by atoms with van der Waals surface area (Å²) in [6.45, 7) is 4.00. The Kier molecular flexibility index (Phi) is 7.33. The quantitative estimate of drug-likeness (QED) is 0.520. The van der Waals surface area contributed by atoms with Crippen LogP contribution < -0.4 is 0 Å². The molecule has 0 unspecified atom stereocenters. The minimum absolute atomic E-state index is 0.209. The van der Waals surface area contributed by atoms with Crippen molar-refractivity contribution in [2.75, 3.05) is 20.1 Å². The molecule has 2 atom stereocenters. The molecule has 3 aromatic rings. The summed E-state index contributed by atoms with van der Waals surface area (Å²) in [5.41, 5.74) is 3.40. The van der Waals surface area contributed by atoms with Crippen LogP contribution in [0.15, 0.2) is 85.2 Å². The normalized spacial score (nSPS) is 18.4. The molecule has 4 rings (SSSR count). The summed E-state index contributed by atoms with van der Waals surface area (Å²) in [5.74, 6) is -0.0457. The number of pyridine rings is 1. The van der Waals surface area contributed by atoms with E-state index in [4.69, 9.17) is 0 Å². The van der Waals surface area contributed by atoms with Gasteiger partial charge in [-0.15, -0.1) is 0 Å². The maximum atomic E-state index is 13.8. The van der Waals surface area contributed by atoms with Crippen molar-refractivity contribution in [3.8, 4) is 0 Å². The number of aromatic nitrogens is 1. The lowest BCUT2D eigenvalue weighted by Crippen LogP contribution is -2.40. The van der Waals surface area contributed by atoms with Gasteiger partial charge in [-0.3, -0.25) is 9.78 Å². The van der Waals surface area contributed by atoms with E-state index in [1.165, 1.54) is 5.56 Å². The van der Waals surface area contributed by atoms with Gasteiger partial charge in [0.2, 0.25) is 5.91 Å². The van der Waals surface area contributed by atoms with Crippen LogP contribution >= 0.6 is 0 Å². The van der Waals surface area contributed by atoms with Gasteiger partial charge in [0.15, 0.2) is 0 Å². The van der Waals surface area contributed by atoms with E-state index in [1.807, 2.05) is 54.9 Å². The molecule has 1 aliphatic rings. The smallest absolute Gasteiger partial charge is 0.234 e. The van der Waals surface area contributed by atoms with Crippen LogP contribution in [0.1, 0.15) is 42.4 Å². The molecule has 0 bridgehead atoms. The molecule has 32 heavy (non-hydrogen) atoms. The highest BCUT2D eigenvalue weighted by Crippen LogP contribution is 2.31. The molecule has 166 valence electrons. The fourth-order valence-corrected chi connectivity index (χ4v) is 4.82. The average Bonchev–Trinajstić information content (AvgIpc) is 3.23. The Balaban J connectivity index is 1.42. The van der Waals surface area contributed by atoms with Gasteiger partial charge in [0.05, 0.1) is 5.92 Å². The first-order chi connectivity index (χ1) is 15.6. The number of hydrogen-bond acceptors (Lipinski definition) is 3. The predicted molar refractivity (Wildman–Crippen MR) is 129 cm³/mol. The molecule has 0 spiro atoms. The molecule has 1 amide bonds. The maximum absolute atomic E-state index is 13.8. The van der Waals surface area contributed by atoms with Crippen LogP contribution in [-0.4, -0.2) is 52.9 Å². The molecule has 0 radical (unpaired) electrons. The standard InChI is InChI=1S/C28H33N3O/c1-22-19-26(30(2)18-10-12-23-11-9-17-29-20-23)21-31(22)28(32)27(24-13-5-3-6-14-24)25-15-7-4-8-16-25/h3-9,11,13-17,20,22,26-27H,10,12,18-19,21H2,1-2H3/t22-,26+/m1/s1. The molecule has 1 saturated heterocycles. The minimum atomic E-state index is -0.255. The molecule has 1 aliphatic heterocycles. The maximum Gasteiger partial charge on any atom is 0.234 e. The summed E-state index contributed by atoms with van der Waals surface area (Å²) < 4.78 is 0. The van der Waals surface area contributed by atoms with Crippen LogP contribution in [-0.2, 0) is 11.2 Å². The molecular formula is C28H33N3O. The number of carbonyl (C=O) groups is 1. The zero-order valence-electron chi connectivity index (χ0n) is 19.1. The molecule has 0 N–H and O–H groups in total. The third-order valence-corrected chi connectivity index (χ3v) is 6.67. The van der Waals surface area contributed by atoms with Gasteiger partial charge in [0.1, 0.15) is 0 Å². The molecule has 4 heteroatoms. The molecule has 1 fully saturated rings. The van der Waals surface area contributed by atoms with E-state index < -0.39 is 0 Å². The van der Waals surface area contributed by atoms with Crippen molar-refractivity contribution in [2.24, 2.45) is 0 Å². The highest BCUT2D eigenvalue weighted by molar-refractivity contribution is 5.87. The van der Waals surface area contributed by atoms with E-state index in [0.717, 1.165) is 43.5 Å². The van der Waals surface area contributed by atoms with Gasteiger partial charge in [-0.05, 0) is 62.5 Å². The van der Waals surface area contributed by atoms with Crippen molar-refractivity contribution in [2.45, 2.75) is 44.2 Å². The lowest BCUT2D eigenvalue weighted by molar-refractivity contribution is -0.132. The number of carbonyl (C=O) groups excluding carboxylic acids is 1. The Bertz CT molecular complexity index is 938. The highest BCUT2D eigenvalue weighted by atomic mass is 16.2. The number of likely N-dealkylation sites (N-methyl/N-ethyl adjacent to an activating group) is 1. The van der Waals surface area contributed by atoms with E-state index in [1.54, 1.807) is 0 Å². The fourth-order valence-electron chi connectivity index (χ4n) is 4.82. The zero-order valence-corrected chi connectivity index (χ0v) is 19.1. The van der Waals surface area contributed by atoms with E-state index in [0.29, 0.717) is 6.04 Å². The van der Waals surface area contributed by atoms with Crippen LogP contribution in [0.4, 0.5) is 0 Å². The third kappa shape index (κ3) is 5.25. The molecule has 0 saturated carbocycles. The van der Waals surface area contributed by atoms with Crippen LogP contribution in [0.3, 0.4) is 0 Å². The number of amides is 1. The molecule has 2 heterocycles. The van der Waals surface area contributed by atoms with Crippen LogP contribution in [0, 0.1) is 0 Å². The Morgan fingerprint density at radius 3 is 2.28 bits per heavy atom. The summed E-state index contributed by atoms with van der Waals surface area (Å²) in [5, 5.41) is 0. The predicted octanol–water partition coefficient (Wildman–Crippen LogP) is 4.77. The van der Waals surface area contributed by atoms with E-state index in [9.17, 15) is 4.79 Å². The number of likely N-dealkylation sites (tertiary alicyclic amines) is 1. The van der Waals surface area contributed by atoms with Gasteiger partial charge >= 0.3 is 0 Å². The molecule has 1 aromatic heterocycles. The first-order valence-electron chi connectivity index (χ1n) is 11.6. The van der Waals surface area contributed by atoms with Crippen molar-refractivity contribution < 1.29 is 4.79 Å². The molecule has 0 aliphatic carbocycles. The SMILES string of the molecule is C[C@@H]1C[C@H](N(C)CCCc2cccnc2)CN1C(=O)C(c1ccccc1)c1ccccc1. The number of rotatable bonds is 8. The number of nitrogens with zero attached hydrogens (tertiary/aromatic N) is 3. The van der Waals surface area contributed by atoms with Crippen molar-refractivity contribution >= 4 is 5.91 Å². The summed E-state index contributed by atoms with van der Waals surface area (Å²) in [6, 6.07) is 25.1. The molecule has 2 aromatic carbocycles. The second-order valence-corrected chi connectivity index (χ2v) is 8.93. The molecular weight excluding hydrogens is 394 g/mol. The largest absolute Gasteiger partial charge is 0.338 e. The van der Waals surface area contributed by atoms with E-state index in [2.05, 4.69) is 59.1 Å². The van der Waals surface area contributed by atoms with Gasteiger partial charge < -0.3 is 9.80 Å². The van der Waals surface area contributed by atoms with Crippen LogP contribution in [0.25, 0.3) is 0 Å². The van der Waals surface area contributed by atoms with Crippen molar-refractivity contribution in [1.29, 1.82) is 0 Å². The summed E-state index contributed by atoms with van der Waals surface area (Å²) in [4.78, 5) is 22.6. The van der Waals surface area contributed by atoms with Gasteiger partial charge in [-0.1, -0.05) is 66.7 Å². The monoisotopic (exact) mass is 427 g/mol. The van der Waals surface area contributed by atoms with Gasteiger partial charge in [-0.25, -0.2) is 0 Å². The number of hydrogen-bond donors (Lipinski definition) is 0. The second kappa shape index (κ2) is 10.6. The Labute approximate surface area is 191 Å². The zero-order chi connectivity index (χ0) is 22.3. The van der Waals surface area contributed by atoms with Crippen molar-refractivity contribution in [3.05, 3.63) is 102 Å².